The van der Waals surface area contributed by atoms with Gasteiger partial charge in [0, 0.05) is 29.8 Å². The minimum Gasteiger partial charge on any atom is -0.370 e. The van der Waals surface area contributed by atoms with E-state index in [0.29, 0.717) is 0 Å². The molecule has 2 rings (SSSR count). The number of halogens is 1. The fourth-order valence-electron chi connectivity index (χ4n) is 2.19. The molecular formula is C17H21BrN2. The van der Waals surface area contributed by atoms with Crippen molar-refractivity contribution in [3.8, 4) is 0 Å². The van der Waals surface area contributed by atoms with Crippen molar-refractivity contribution in [3.63, 3.8) is 0 Å². The number of nitrogens with two attached hydrogens (primary N) is 1. The summed E-state index contributed by atoms with van der Waals surface area (Å²) in [6.07, 6.45) is 0.964. The Bertz CT molecular complexity index is 551. The van der Waals surface area contributed by atoms with Crippen molar-refractivity contribution in [1.29, 1.82) is 0 Å². The van der Waals surface area contributed by atoms with Gasteiger partial charge in [-0.3, -0.25) is 0 Å². The predicted octanol–water partition coefficient (Wildman–Crippen LogP) is 4.50. The van der Waals surface area contributed by atoms with Crippen LogP contribution in [-0.4, -0.2) is 7.05 Å². The van der Waals surface area contributed by atoms with Gasteiger partial charge in [0.1, 0.15) is 0 Å². The highest BCUT2D eigenvalue weighted by Crippen LogP contribution is 2.23. The molecule has 0 aromatic heterocycles. The Kier molecular flexibility index (Phi) is 5.21. The van der Waals surface area contributed by atoms with E-state index < -0.39 is 0 Å². The van der Waals surface area contributed by atoms with Crippen LogP contribution in [0.2, 0.25) is 0 Å². The first-order valence-corrected chi connectivity index (χ1v) is 7.71. The van der Waals surface area contributed by atoms with Crippen LogP contribution in [0.5, 0.6) is 0 Å². The highest BCUT2D eigenvalue weighted by atomic mass is 79.9. The fourth-order valence-corrected chi connectivity index (χ4v) is 2.60. The van der Waals surface area contributed by atoms with Crippen LogP contribution in [-0.2, 0) is 6.54 Å². The summed E-state index contributed by atoms with van der Waals surface area (Å²) in [5.74, 6) is 0. The Morgan fingerprint density at radius 1 is 1.10 bits per heavy atom. The summed E-state index contributed by atoms with van der Waals surface area (Å²) >= 11 is 3.59. The van der Waals surface area contributed by atoms with Gasteiger partial charge in [-0.2, -0.15) is 0 Å². The van der Waals surface area contributed by atoms with Crippen LogP contribution in [0.1, 0.15) is 30.5 Å². The van der Waals surface area contributed by atoms with E-state index in [-0.39, 0.29) is 6.04 Å². The molecule has 0 heterocycles. The molecule has 0 saturated heterocycles. The second kappa shape index (κ2) is 6.91. The van der Waals surface area contributed by atoms with Gasteiger partial charge in [-0.25, -0.2) is 0 Å². The first-order valence-electron chi connectivity index (χ1n) is 6.92. The quantitative estimate of drug-likeness (QED) is 0.873. The zero-order chi connectivity index (χ0) is 14.5. The molecule has 0 unspecified atom stereocenters. The molecule has 2 nitrogen and oxygen atoms in total. The molecular weight excluding hydrogens is 312 g/mol. The first-order chi connectivity index (χ1) is 9.61. The van der Waals surface area contributed by atoms with Crippen molar-refractivity contribution >= 4 is 21.6 Å². The minimum atomic E-state index is 0.137. The number of benzene rings is 2. The highest BCUT2D eigenvalue weighted by molar-refractivity contribution is 9.10. The van der Waals surface area contributed by atoms with Crippen molar-refractivity contribution in [2.75, 3.05) is 11.9 Å². The Hall–Kier alpha value is -1.32. The molecule has 0 saturated carbocycles. The third-order valence-corrected chi connectivity index (χ3v) is 4.34. The largest absolute Gasteiger partial charge is 0.370 e. The standard InChI is InChI=1S/C17H21BrN2/c1-3-17(19)13-8-10-15(11-9-13)20(2)12-14-6-4-5-7-16(14)18/h4-11,17H,3,12,19H2,1-2H3/t17-/m1/s1. The van der Waals surface area contributed by atoms with Crippen molar-refractivity contribution in [3.05, 3.63) is 64.1 Å². The number of anilines is 1. The Morgan fingerprint density at radius 2 is 1.75 bits per heavy atom. The molecule has 0 bridgehead atoms. The van der Waals surface area contributed by atoms with Gasteiger partial charge in [0.2, 0.25) is 0 Å². The van der Waals surface area contributed by atoms with E-state index in [1.807, 2.05) is 6.07 Å². The topological polar surface area (TPSA) is 29.3 Å². The summed E-state index contributed by atoms with van der Waals surface area (Å²) in [7, 11) is 2.11. The zero-order valence-electron chi connectivity index (χ0n) is 12.0. The Morgan fingerprint density at radius 3 is 2.35 bits per heavy atom. The summed E-state index contributed by atoms with van der Waals surface area (Å²) in [5, 5.41) is 0. The molecule has 0 fully saturated rings. The maximum absolute atomic E-state index is 6.04. The zero-order valence-corrected chi connectivity index (χ0v) is 13.6. The summed E-state index contributed by atoms with van der Waals surface area (Å²) in [5.41, 5.74) is 9.73. The van der Waals surface area contributed by atoms with E-state index in [1.54, 1.807) is 0 Å². The molecule has 20 heavy (non-hydrogen) atoms. The van der Waals surface area contributed by atoms with Gasteiger partial charge in [-0.15, -0.1) is 0 Å². The third kappa shape index (κ3) is 3.62. The van der Waals surface area contributed by atoms with Gasteiger partial charge in [-0.05, 0) is 35.7 Å². The smallest absolute Gasteiger partial charge is 0.0437 e. The van der Waals surface area contributed by atoms with Gasteiger partial charge in [0.25, 0.3) is 0 Å². The summed E-state index contributed by atoms with van der Waals surface area (Å²) in [4.78, 5) is 2.24. The highest BCUT2D eigenvalue weighted by Gasteiger charge is 2.07. The van der Waals surface area contributed by atoms with Crippen LogP contribution >= 0.6 is 15.9 Å². The number of hydrogen-bond donors (Lipinski definition) is 1. The van der Waals surface area contributed by atoms with E-state index in [4.69, 9.17) is 5.73 Å². The molecule has 0 aliphatic rings. The van der Waals surface area contributed by atoms with E-state index >= 15 is 0 Å². The molecule has 0 amide bonds. The second-order valence-corrected chi connectivity index (χ2v) is 5.91. The molecule has 0 aliphatic heterocycles. The van der Waals surface area contributed by atoms with Gasteiger partial charge in [-0.1, -0.05) is 53.2 Å². The maximum Gasteiger partial charge on any atom is 0.0437 e. The lowest BCUT2D eigenvalue weighted by Crippen LogP contribution is -2.17. The van der Waals surface area contributed by atoms with Gasteiger partial charge in [0.15, 0.2) is 0 Å². The van der Waals surface area contributed by atoms with Crippen LogP contribution in [0.15, 0.2) is 53.0 Å². The third-order valence-electron chi connectivity index (χ3n) is 3.57. The van der Waals surface area contributed by atoms with E-state index in [0.717, 1.165) is 17.4 Å². The summed E-state index contributed by atoms with van der Waals surface area (Å²) in [6, 6.07) is 17.0. The molecule has 1 atom stereocenters. The van der Waals surface area contributed by atoms with Crippen molar-refractivity contribution < 1.29 is 0 Å². The van der Waals surface area contributed by atoms with E-state index in [2.05, 4.69) is 77.3 Å². The predicted molar refractivity (Wildman–Crippen MR) is 89.9 cm³/mol. The maximum atomic E-state index is 6.04. The normalized spacial score (nSPS) is 12.2. The second-order valence-electron chi connectivity index (χ2n) is 5.05. The molecule has 106 valence electrons. The van der Waals surface area contributed by atoms with Gasteiger partial charge in [0.05, 0.1) is 0 Å². The molecule has 3 heteroatoms. The van der Waals surface area contributed by atoms with Crippen molar-refractivity contribution in [1.82, 2.24) is 0 Å². The van der Waals surface area contributed by atoms with E-state index in [1.165, 1.54) is 16.8 Å². The summed E-state index contributed by atoms with van der Waals surface area (Å²) in [6.45, 7) is 2.98. The monoisotopic (exact) mass is 332 g/mol. The summed E-state index contributed by atoms with van der Waals surface area (Å²) < 4.78 is 1.15. The lowest BCUT2D eigenvalue weighted by molar-refractivity contribution is 0.698. The molecule has 0 spiro atoms. The number of nitrogens with zero attached hydrogens (tertiary/aromatic N) is 1. The average Bonchev–Trinajstić information content (AvgIpc) is 2.49. The van der Waals surface area contributed by atoms with Crippen LogP contribution in [0.3, 0.4) is 0 Å². The van der Waals surface area contributed by atoms with Crippen LogP contribution in [0, 0.1) is 0 Å². The minimum absolute atomic E-state index is 0.137. The molecule has 0 radical (unpaired) electrons. The Labute approximate surface area is 129 Å². The molecule has 2 aromatic carbocycles. The van der Waals surface area contributed by atoms with Crippen molar-refractivity contribution in [2.45, 2.75) is 25.9 Å². The lowest BCUT2D eigenvalue weighted by atomic mass is 10.1. The first kappa shape index (κ1) is 15.1. The SMILES string of the molecule is CC[C@@H](N)c1ccc(N(C)Cc2ccccc2Br)cc1. The lowest BCUT2D eigenvalue weighted by Gasteiger charge is -2.21. The van der Waals surface area contributed by atoms with Gasteiger partial charge >= 0.3 is 0 Å². The van der Waals surface area contributed by atoms with Crippen LogP contribution in [0.25, 0.3) is 0 Å². The van der Waals surface area contributed by atoms with Gasteiger partial charge < -0.3 is 10.6 Å². The molecule has 0 aliphatic carbocycles. The molecule has 2 N–H and O–H groups in total. The van der Waals surface area contributed by atoms with Crippen molar-refractivity contribution in [2.24, 2.45) is 5.73 Å². The fraction of sp³-hybridized carbons (Fsp3) is 0.294. The molecule has 2 aromatic rings. The number of rotatable bonds is 5. The van der Waals surface area contributed by atoms with E-state index in [9.17, 15) is 0 Å². The van der Waals surface area contributed by atoms with Crippen LogP contribution in [0.4, 0.5) is 5.69 Å². The average molecular weight is 333 g/mol. The Balaban J connectivity index is 2.10. The number of hydrogen-bond acceptors (Lipinski definition) is 2. The van der Waals surface area contributed by atoms with Crippen LogP contribution < -0.4 is 10.6 Å².